The lowest BCUT2D eigenvalue weighted by molar-refractivity contribution is 0.766. The highest BCUT2D eigenvalue weighted by atomic mass is 35.5. The largest absolute Gasteiger partial charge is 0.343 e. The van der Waals surface area contributed by atoms with Gasteiger partial charge in [-0.2, -0.15) is 0 Å². The second-order valence-corrected chi connectivity index (χ2v) is 5.12. The molecule has 7 heteroatoms. The summed E-state index contributed by atoms with van der Waals surface area (Å²) in [6.45, 7) is 0. The first-order chi connectivity index (χ1) is 8.09. The molecule has 1 heterocycles. The average molecular weight is 290 g/mol. The first kappa shape index (κ1) is 12.5. The number of hydrogen-bond donors (Lipinski definition) is 1. The standard InChI is InChI=1S/C10H9Cl2N3OS/c1-15-9(16)13-14-10(15)17-5-6-7(11)3-2-4-8(6)12/h2-4H,5H2,1H3,(H,13,16). The Bertz CT molecular complexity index is 573. The van der Waals surface area contributed by atoms with Gasteiger partial charge in [0, 0.05) is 22.8 Å². The van der Waals surface area contributed by atoms with Crippen molar-refractivity contribution in [3.05, 3.63) is 44.3 Å². The fraction of sp³-hybridized carbons (Fsp3) is 0.200. The summed E-state index contributed by atoms with van der Waals surface area (Å²) in [5.41, 5.74) is 0.606. The van der Waals surface area contributed by atoms with E-state index in [1.807, 2.05) is 0 Å². The van der Waals surface area contributed by atoms with E-state index in [1.54, 1.807) is 25.2 Å². The van der Waals surface area contributed by atoms with Crippen molar-refractivity contribution in [3.63, 3.8) is 0 Å². The van der Waals surface area contributed by atoms with Crippen LogP contribution in [0.3, 0.4) is 0 Å². The monoisotopic (exact) mass is 289 g/mol. The molecule has 1 aromatic heterocycles. The summed E-state index contributed by atoms with van der Waals surface area (Å²) in [4.78, 5) is 11.2. The van der Waals surface area contributed by atoms with Gasteiger partial charge in [0.25, 0.3) is 0 Å². The van der Waals surface area contributed by atoms with Crippen molar-refractivity contribution < 1.29 is 0 Å². The van der Waals surface area contributed by atoms with E-state index in [1.165, 1.54) is 16.3 Å². The molecule has 1 aromatic carbocycles. The Hall–Kier alpha value is -0.910. The highest BCUT2D eigenvalue weighted by Gasteiger charge is 2.09. The molecule has 17 heavy (non-hydrogen) atoms. The maximum Gasteiger partial charge on any atom is 0.343 e. The molecule has 0 radical (unpaired) electrons. The van der Waals surface area contributed by atoms with Crippen LogP contribution in [-0.2, 0) is 12.8 Å². The number of benzene rings is 1. The fourth-order valence-corrected chi connectivity index (χ4v) is 2.93. The van der Waals surface area contributed by atoms with Gasteiger partial charge >= 0.3 is 5.69 Å². The van der Waals surface area contributed by atoms with Gasteiger partial charge in [-0.1, -0.05) is 41.0 Å². The molecule has 0 unspecified atom stereocenters. The zero-order chi connectivity index (χ0) is 12.4. The molecule has 0 saturated carbocycles. The number of thioether (sulfide) groups is 1. The van der Waals surface area contributed by atoms with Crippen molar-refractivity contribution in [2.45, 2.75) is 10.9 Å². The first-order valence-electron chi connectivity index (χ1n) is 4.76. The Kier molecular flexibility index (Phi) is 3.81. The smallest absolute Gasteiger partial charge is 0.273 e. The van der Waals surface area contributed by atoms with Crippen LogP contribution in [0.2, 0.25) is 10.0 Å². The topological polar surface area (TPSA) is 50.7 Å². The van der Waals surface area contributed by atoms with Crippen LogP contribution in [0.4, 0.5) is 0 Å². The van der Waals surface area contributed by atoms with E-state index in [2.05, 4.69) is 10.2 Å². The van der Waals surface area contributed by atoms with Crippen LogP contribution in [0.5, 0.6) is 0 Å². The predicted octanol–water partition coefficient (Wildman–Crippen LogP) is 2.71. The van der Waals surface area contributed by atoms with Gasteiger partial charge < -0.3 is 0 Å². The molecular formula is C10H9Cl2N3OS. The fourth-order valence-electron chi connectivity index (χ4n) is 1.27. The molecule has 4 nitrogen and oxygen atoms in total. The normalized spacial score (nSPS) is 10.8. The van der Waals surface area contributed by atoms with Crippen LogP contribution in [-0.4, -0.2) is 14.8 Å². The van der Waals surface area contributed by atoms with E-state index < -0.39 is 0 Å². The van der Waals surface area contributed by atoms with Crippen LogP contribution in [0.15, 0.2) is 28.2 Å². The van der Waals surface area contributed by atoms with Crippen molar-refractivity contribution in [2.24, 2.45) is 7.05 Å². The minimum absolute atomic E-state index is 0.238. The molecule has 0 spiro atoms. The molecule has 0 aliphatic heterocycles. The minimum Gasteiger partial charge on any atom is -0.273 e. The molecule has 1 N–H and O–H groups in total. The van der Waals surface area contributed by atoms with Gasteiger partial charge in [-0.3, -0.25) is 4.57 Å². The lowest BCUT2D eigenvalue weighted by Crippen LogP contribution is -2.12. The van der Waals surface area contributed by atoms with Crippen molar-refractivity contribution in [1.82, 2.24) is 14.8 Å². The Morgan fingerprint density at radius 1 is 1.41 bits per heavy atom. The lowest BCUT2D eigenvalue weighted by Gasteiger charge is -2.05. The maximum atomic E-state index is 11.2. The van der Waals surface area contributed by atoms with Crippen molar-refractivity contribution in [3.8, 4) is 0 Å². The molecular weight excluding hydrogens is 281 g/mol. The van der Waals surface area contributed by atoms with E-state index in [0.717, 1.165) is 5.56 Å². The van der Waals surface area contributed by atoms with Crippen LogP contribution in [0.1, 0.15) is 5.56 Å². The van der Waals surface area contributed by atoms with Crippen LogP contribution >= 0.6 is 35.0 Å². The van der Waals surface area contributed by atoms with E-state index in [4.69, 9.17) is 23.2 Å². The van der Waals surface area contributed by atoms with Gasteiger partial charge in [-0.05, 0) is 17.7 Å². The molecule has 90 valence electrons. The molecule has 0 aliphatic carbocycles. The minimum atomic E-state index is -0.238. The first-order valence-corrected chi connectivity index (χ1v) is 6.51. The van der Waals surface area contributed by atoms with Gasteiger partial charge in [-0.15, -0.1) is 5.10 Å². The Morgan fingerprint density at radius 3 is 2.59 bits per heavy atom. The average Bonchev–Trinajstić information content (AvgIpc) is 2.60. The SMILES string of the molecule is Cn1c(SCc2c(Cl)cccc2Cl)n[nH]c1=O. The number of aromatic nitrogens is 3. The third kappa shape index (κ3) is 2.68. The Morgan fingerprint density at radius 2 is 2.06 bits per heavy atom. The van der Waals surface area contributed by atoms with Crippen LogP contribution in [0, 0.1) is 0 Å². The molecule has 0 aliphatic rings. The van der Waals surface area contributed by atoms with Crippen LogP contribution < -0.4 is 5.69 Å². The molecule has 2 rings (SSSR count). The quantitative estimate of drug-likeness (QED) is 0.884. The van der Waals surface area contributed by atoms with E-state index in [-0.39, 0.29) is 5.69 Å². The number of aromatic amines is 1. The Labute approximate surface area is 112 Å². The summed E-state index contributed by atoms with van der Waals surface area (Å²) in [6.07, 6.45) is 0. The van der Waals surface area contributed by atoms with E-state index >= 15 is 0 Å². The van der Waals surface area contributed by atoms with Crippen molar-refractivity contribution in [2.75, 3.05) is 0 Å². The van der Waals surface area contributed by atoms with Crippen molar-refractivity contribution in [1.29, 1.82) is 0 Å². The number of rotatable bonds is 3. The summed E-state index contributed by atoms with van der Waals surface area (Å²) in [7, 11) is 1.66. The van der Waals surface area contributed by atoms with Crippen molar-refractivity contribution >= 4 is 35.0 Å². The van der Waals surface area contributed by atoms with Crippen LogP contribution in [0.25, 0.3) is 0 Å². The molecule has 0 fully saturated rings. The number of H-pyrrole nitrogens is 1. The molecule has 0 amide bonds. The summed E-state index contributed by atoms with van der Waals surface area (Å²) in [6, 6.07) is 5.36. The highest BCUT2D eigenvalue weighted by Crippen LogP contribution is 2.30. The molecule has 0 saturated heterocycles. The summed E-state index contributed by atoms with van der Waals surface area (Å²) in [5, 5.41) is 8.10. The summed E-state index contributed by atoms with van der Waals surface area (Å²) in [5.74, 6) is 0.566. The number of halogens is 2. The number of nitrogens with zero attached hydrogens (tertiary/aromatic N) is 2. The Balaban J connectivity index is 2.18. The summed E-state index contributed by atoms with van der Waals surface area (Å²) < 4.78 is 1.44. The molecule has 0 atom stereocenters. The van der Waals surface area contributed by atoms with Gasteiger partial charge in [0.05, 0.1) is 0 Å². The maximum absolute atomic E-state index is 11.2. The highest BCUT2D eigenvalue weighted by molar-refractivity contribution is 7.98. The second-order valence-electron chi connectivity index (χ2n) is 3.36. The van der Waals surface area contributed by atoms with Gasteiger partial charge in [0.1, 0.15) is 0 Å². The van der Waals surface area contributed by atoms with Gasteiger partial charge in [0.15, 0.2) is 5.16 Å². The third-order valence-electron chi connectivity index (χ3n) is 2.25. The van der Waals surface area contributed by atoms with Gasteiger partial charge in [-0.25, -0.2) is 9.89 Å². The molecule has 0 bridgehead atoms. The van der Waals surface area contributed by atoms with E-state index in [0.29, 0.717) is 21.0 Å². The van der Waals surface area contributed by atoms with E-state index in [9.17, 15) is 4.79 Å². The lowest BCUT2D eigenvalue weighted by atomic mass is 10.2. The number of hydrogen-bond acceptors (Lipinski definition) is 3. The van der Waals surface area contributed by atoms with Gasteiger partial charge in [0.2, 0.25) is 0 Å². The zero-order valence-corrected chi connectivity index (χ0v) is 11.2. The number of nitrogens with one attached hydrogen (secondary N) is 1. The second kappa shape index (κ2) is 5.16. The summed E-state index contributed by atoms with van der Waals surface area (Å²) >= 11 is 13.5. The molecule has 2 aromatic rings. The zero-order valence-electron chi connectivity index (χ0n) is 8.91. The third-order valence-corrected chi connectivity index (χ3v) is 4.01. The predicted molar refractivity (Wildman–Crippen MR) is 69.9 cm³/mol.